The Kier molecular flexibility index (Phi) is 4.19. The largest absolute Gasteiger partial charge is 0.478 e. The van der Waals surface area contributed by atoms with Crippen molar-refractivity contribution in [3.8, 4) is 0 Å². The molecule has 1 aliphatic heterocycles. The van der Waals surface area contributed by atoms with E-state index in [9.17, 15) is 19.2 Å². The van der Waals surface area contributed by atoms with E-state index in [1.54, 1.807) is 0 Å². The lowest BCUT2D eigenvalue weighted by molar-refractivity contribution is -0.257. The smallest absolute Gasteiger partial charge is 0.421 e. The van der Waals surface area contributed by atoms with E-state index >= 15 is 0 Å². The fraction of sp³-hybridized carbons (Fsp3) is 0.200. The van der Waals surface area contributed by atoms with Gasteiger partial charge < -0.3 is 9.84 Å². The number of cyclic esters (lactones) is 1. The van der Waals surface area contributed by atoms with Crippen LogP contribution in [0.3, 0.4) is 0 Å². The van der Waals surface area contributed by atoms with Crippen LogP contribution in [0.2, 0.25) is 0 Å². The molecule has 0 aromatic heterocycles. The summed E-state index contributed by atoms with van der Waals surface area (Å²) in [4.78, 5) is 52.3. The van der Waals surface area contributed by atoms with Crippen molar-refractivity contribution in [2.75, 3.05) is 0 Å². The summed E-state index contributed by atoms with van der Waals surface area (Å²) in [5, 5.41) is 8.70. The van der Waals surface area contributed by atoms with Crippen molar-refractivity contribution in [2.24, 2.45) is 0 Å². The summed E-state index contributed by atoms with van der Waals surface area (Å²) in [5.41, 5.74) is -0.557. The predicted molar refractivity (Wildman–Crippen MR) is 52.4 cm³/mol. The first-order valence-electron chi connectivity index (χ1n) is 4.66. The van der Waals surface area contributed by atoms with Crippen LogP contribution in [0.15, 0.2) is 23.5 Å². The Morgan fingerprint density at radius 2 is 1.94 bits per heavy atom. The number of carbonyl (C=O) groups is 4. The van der Waals surface area contributed by atoms with Crippen LogP contribution in [0.25, 0.3) is 0 Å². The Balaban J connectivity index is 3.11. The van der Waals surface area contributed by atoms with E-state index < -0.39 is 35.2 Å². The Bertz CT molecular complexity index is 470. The molecule has 0 aliphatic carbocycles. The minimum atomic E-state index is -1.48. The van der Waals surface area contributed by atoms with Crippen LogP contribution in [0.5, 0.6) is 0 Å². The number of carbonyl (C=O) groups excluding carboxylic acids is 3. The monoisotopic (exact) mass is 256 g/mol. The molecule has 0 radical (unpaired) electrons. The molecule has 0 spiro atoms. The van der Waals surface area contributed by atoms with Gasteiger partial charge in [0, 0.05) is 6.08 Å². The minimum Gasteiger partial charge on any atom is -0.478 e. The first-order valence-corrected chi connectivity index (χ1v) is 4.66. The number of aliphatic carboxylic acids is 1. The zero-order chi connectivity index (χ0) is 13.7. The van der Waals surface area contributed by atoms with Crippen molar-refractivity contribution in [1.29, 1.82) is 0 Å². The number of hydrogen-bond donors (Lipinski definition) is 1. The average Bonchev–Trinajstić information content (AvgIpc) is 2.31. The number of carboxylic acids is 1. The standard InChI is InChI=1S/C10H8O8/c1-5(9(13)14)8-10(15)18-17-7(12)4-2-3-6(11)16-8/h2-3H,4H2,1H3,(H,13,14)/b3-2+,8-5-. The maximum atomic E-state index is 11.3. The third kappa shape index (κ3) is 3.44. The van der Waals surface area contributed by atoms with E-state index in [0.717, 1.165) is 19.1 Å². The molecule has 18 heavy (non-hydrogen) atoms. The van der Waals surface area contributed by atoms with Crippen molar-refractivity contribution in [3.05, 3.63) is 23.5 Å². The molecule has 0 unspecified atom stereocenters. The third-order valence-corrected chi connectivity index (χ3v) is 1.80. The molecule has 0 bridgehead atoms. The Morgan fingerprint density at radius 1 is 1.28 bits per heavy atom. The normalized spacial score (nSPS) is 21.3. The van der Waals surface area contributed by atoms with Crippen molar-refractivity contribution < 1.29 is 38.8 Å². The van der Waals surface area contributed by atoms with Gasteiger partial charge in [0.25, 0.3) is 0 Å². The maximum absolute atomic E-state index is 11.3. The molecule has 1 N–H and O–H groups in total. The zero-order valence-electron chi connectivity index (χ0n) is 9.17. The summed E-state index contributed by atoms with van der Waals surface area (Å²) in [5.74, 6) is -5.64. The Hall–Kier alpha value is -2.64. The third-order valence-electron chi connectivity index (χ3n) is 1.80. The molecular formula is C10H8O8. The molecular weight excluding hydrogens is 248 g/mol. The van der Waals surface area contributed by atoms with Crippen LogP contribution < -0.4 is 0 Å². The van der Waals surface area contributed by atoms with Crippen molar-refractivity contribution in [2.45, 2.75) is 13.3 Å². The van der Waals surface area contributed by atoms with Gasteiger partial charge in [0.1, 0.15) is 0 Å². The SMILES string of the molecule is C/C(C(=O)O)=C1/OC(=O)/C=C/CC(=O)OOC1=O. The summed E-state index contributed by atoms with van der Waals surface area (Å²) in [6, 6.07) is 0. The summed E-state index contributed by atoms with van der Waals surface area (Å²) >= 11 is 0. The molecule has 0 fully saturated rings. The van der Waals surface area contributed by atoms with Gasteiger partial charge in [0.05, 0.1) is 12.0 Å². The quantitative estimate of drug-likeness (QED) is 0.391. The minimum absolute atomic E-state index is 0.292. The molecule has 8 heteroatoms. The van der Waals surface area contributed by atoms with Crippen LogP contribution in [-0.4, -0.2) is 29.0 Å². The molecule has 0 amide bonds. The first-order chi connectivity index (χ1) is 8.41. The number of hydrogen-bond acceptors (Lipinski definition) is 7. The molecule has 1 heterocycles. The highest BCUT2D eigenvalue weighted by molar-refractivity contribution is 6.00. The van der Waals surface area contributed by atoms with E-state index in [-0.39, 0.29) is 6.42 Å². The summed E-state index contributed by atoms with van der Waals surface area (Å²) in [7, 11) is 0. The van der Waals surface area contributed by atoms with Crippen LogP contribution in [-0.2, 0) is 33.7 Å². The predicted octanol–water partition coefficient (Wildman–Crippen LogP) is -0.151. The fourth-order valence-electron chi connectivity index (χ4n) is 0.911. The van der Waals surface area contributed by atoms with Gasteiger partial charge >= 0.3 is 23.9 Å². The van der Waals surface area contributed by atoms with Crippen LogP contribution in [0.4, 0.5) is 0 Å². The van der Waals surface area contributed by atoms with E-state index in [4.69, 9.17) is 5.11 Å². The van der Waals surface area contributed by atoms with E-state index in [1.165, 1.54) is 0 Å². The van der Waals surface area contributed by atoms with E-state index in [1.807, 2.05) is 0 Å². The fourth-order valence-corrected chi connectivity index (χ4v) is 0.911. The molecule has 0 aromatic rings. The van der Waals surface area contributed by atoms with Gasteiger partial charge in [-0.15, -0.1) is 0 Å². The van der Waals surface area contributed by atoms with Crippen molar-refractivity contribution in [1.82, 2.24) is 0 Å². The second kappa shape index (κ2) is 5.62. The van der Waals surface area contributed by atoms with Crippen molar-refractivity contribution in [3.63, 3.8) is 0 Å². The van der Waals surface area contributed by atoms with Gasteiger partial charge in [0.2, 0.25) is 5.76 Å². The molecule has 96 valence electrons. The van der Waals surface area contributed by atoms with Gasteiger partial charge in [-0.05, 0) is 6.92 Å². The molecule has 1 aliphatic rings. The second-order valence-corrected chi connectivity index (χ2v) is 3.11. The second-order valence-electron chi connectivity index (χ2n) is 3.11. The van der Waals surface area contributed by atoms with Crippen LogP contribution >= 0.6 is 0 Å². The number of ether oxygens (including phenoxy) is 1. The van der Waals surface area contributed by atoms with Gasteiger partial charge in [-0.25, -0.2) is 29.0 Å². The molecule has 8 nitrogen and oxygen atoms in total. The number of esters is 1. The Labute approximate surface area is 100 Å². The first kappa shape index (κ1) is 13.4. The van der Waals surface area contributed by atoms with E-state index in [2.05, 4.69) is 14.5 Å². The van der Waals surface area contributed by atoms with Gasteiger partial charge in [-0.2, -0.15) is 0 Å². The average molecular weight is 256 g/mol. The summed E-state index contributed by atoms with van der Waals surface area (Å²) in [6.45, 7) is 1.03. The maximum Gasteiger partial charge on any atom is 0.421 e. The lowest BCUT2D eigenvalue weighted by Gasteiger charge is -2.09. The topological polar surface area (TPSA) is 116 Å². The molecule has 0 saturated heterocycles. The molecule has 0 atom stereocenters. The molecule has 0 saturated carbocycles. The molecule has 1 rings (SSSR count). The van der Waals surface area contributed by atoms with Gasteiger partial charge in [-0.3, -0.25) is 0 Å². The molecule has 0 aromatic carbocycles. The lowest BCUT2D eigenvalue weighted by atomic mass is 10.2. The highest BCUT2D eigenvalue weighted by atomic mass is 17.2. The summed E-state index contributed by atoms with van der Waals surface area (Å²) in [6.07, 6.45) is 1.70. The van der Waals surface area contributed by atoms with E-state index in [0.29, 0.717) is 0 Å². The zero-order valence-corrected chi connectivity index (χ0v) is 9.17. The number of carboxylic acid groups (broad SMARTS) is 1. The van der Waals surface area contributed by atoms with Crippen LogP contribution in [0, 0.1) is 0 Å². The number of rotatable bonds is 1. The van der Waals surface area contributed by atoms with Crippen molar-refractivity contribution >= 4 is 23.9 Å². The highest BCUT2D eigenvalue weighted by Gasteiger charge is 2.25. The van der Waals surface area contributed by atoms with Gasteiger partial charge in [0.15, 0.2) is 0 Å². The van der Waals surface area contributed by atoms with Crippen LogP contribution in [0.1, 0.15) is 13.3 Å². The van der Waals surface area contributed by atoms with Gasteiger partial charge in [-0.1, -0.05) is 6.08 Å². The Morgan fingerprint density at radius 3 is 2.56 bits per heavy atom. The summed E-state index contributed by atoms with van der Waals surface area (Å²) < 4.78 is 4.50. The highest BCUT2D eigenvalue weighted by Crippen LogP contribution is 2.11. The lowest BCUT2D eigenvalue weighted by Crippen LogP contribution is -2.20.